The Kier molecular flexibility index (Phi) is 6.64. The van der Waals surface area contributed by atoms with Crippen molar-refractivity contribution in [2.45, 2.75) is 57.5 Å². The number of carbonyl (C=O) groups excluding carboxylic acids is 2. The Bertz CT molecular complexity index is 804. The lowest BCUT2D eigenvalue weighted by Crippen LogP contribution is -2.35. The van der Waals surface area contributed by atoms with Crippen LogP contribution in [0.15, 0.2) is 23.1 Å². The molecule has 0 amide bonds. The zero-order valence-corrected chi connectivity index (χ0v) is 17.1. The average molecular weight is 397 g/mol. The van der Waals surface area contributed by atoms with Gasteiger partial charge >= 0.3 is 11.9 Å². The summed E-state index contributed by atoms with van der Waals surface area (Å²) in [7, 11) is -3.66. The zero-order chi connectivity index (χ0) is 20.2. The van der Waals surface area contributed by atoms with E-state index in [1.165, 1.54) is 16.4 Å². The molecule has 1 saturated heterocycles. The van der Waals surface area contributed by atoms with Crippen LogP contribution in [-0.2, 0) is 24.3 Å². The molecule has 1 aliphatic heterocycles. The molecule has 0 aromatic heterocycles. The molecule has 1 fully saturated rings. The van der Waals surface area contributed by atoms with Gasteiger partial charge in [0.1, 0.15) is 5.60 Å². The fourth-order valence-electron chi connectivity index (χ4n) is 2.81. The molecule has 1 aliphatic rings. The van der Waals surface area contributed by atoms with Gasteiger partial charge in [-0.1, -0.05) is 12.5 Å². The smallest absolute Gasteiger partial charge is 0.344 e. The lowest BCUT2D eigenvalue weighted by atomic mass is 10.1. The number of rotatable bonds is 5. The van der Waals surface area contributed by atoms with E-state index in [9.17, 15) is 18.0 Å². The predicted molar refractivity (Wildman–Crippen MR) is 99.9 cm³/mol. The number of hydrogen-bond donors (Lipinski definition) is 0. The molecule has 0 spiro atoms. The SMILES string of the molecule is Cc1ccc(S(=O)(=O)N2CCCCC2)cc1C(=O)OCC(=O)OC(C)(C)C. The van der Waals surface area contributed by atoms with E-state index in [4.69, 9.17) is 9.47 Å². The molecule has 0 unspecified atom stereocenters. The van der Waals surface area contributed by atoms with Crippen LogP contribution in [0.4, 0.5) is 0 Å². The van der Waals surface area contributed by atoms with Crippen LogP contribution >= 0.6 is 0 Å². The molecular weight excluding hydrogens is 370 g/mol. The molecule has 2 rings (SSSR count). The van der Waals surface area contributed by atoms with Crippen molar-refractivity contribution in [3.8, 4) is 0 Å². The van der Waals surface area contributed by atoms with Gasteiger partial charge in [0.05, 0.1) is 10.5 Å². The number of esters is 2. The third-order valence-corrected chi connectivity index (χ3v) is 6.02. The summed E-state index contributed by atoms with van der Waals surface area (Å²) in [6.45, 7) is 7.26. The molecule has 8 heteroatoms. The summed E-state index contributed by atoms with van der Waals surface area (Å²) in [6, 6.07) is 4.38. The summed E-state index contributed by atoms with van der Waals surface area (Å²) in [5.74, 6) is -1.42. The second kappa shape index (κ2) is 8.39. The molecule has 1 aromatic rings. The maximum Gasteiger partial charge on any atom is 0.344 e. The van der Waals surface area contributed by atoms with Crippen molar-refractivity contribution >= 4 is 22.0 Å². The van der Waals surface area contributed by atoms with Crippen molar-refractivity contribution in [1.29, 1.82) is 0 Å². The number of aryl methyl sites for hydroxylation is 1. The first-order chi connectivity index (χ1) is 12.5. The summed E-state index contributed by atoms with van der Waals surface area (Å²) in [4.78, 5) is 24.1. The van der Waals surface area contributed by atoms with E-state index in [1.54, 1.807) is 33.8 Å². The second-order valence-electron chi connectivity index (χ2n) is 7.60. The highest BCUT2D eigenvalue weighted by molar-refractivity contribution is 7.89. The largest absolute Gasteiger partial charge is 0.457 e. The quantitative estimate of drug-likeness (QED) is 0.710. The number of carbonyl (C=O) groups is 2. The van der Waals surface area contributed by atoms with Crippen LogP contribution < -0.4 is 0 Å². The highest BCUT2D eigenvalue weighted by Gasteiger charge is 2.27. The summed E-state index contributed by atoms with van der Waals surface area (Å²) < 4.78 is 37.1. The summed E-state index contributed by atoms with van der Waals surface area (Å²) >= 11 is 0. The monoisotopic (exact) mass is 397 g/mol. The maximum absolute atomic E-state index is 12.8. The second-order valence-corrected chi connectivity index (χ2v) is 9.54. The van der Waals surface area contributed by atoms with Gasteiger partial charge in [-0.15, -0.1) is 0 Å². The fraction of sp³-hybridized carbons (Fsp3) is 0.579. The van der Waals surface area contributed by atoms with Crippen molar-refractivity contribution in [2.24, 2.45) is 0 Å². The first-order valence-electron chi connectivity index (χ1n) is 9.00. The van der Waals surface area contributed by atoms with Crippen LogP contribution in [0, 0.1) is 6.92 Å². The van der Waals surface area contributed by atoms with Crippen molar-refractivity contribution in [3.63, 3.8) is 0 Å². The molecule has 1 aromatic carbocycles. The Balaban J connectivity index is 2.14. The van der Waals surface area contributed by atoms with E-state index in [2.05, 4.69) is 0 Å². The standard InChI is InChI=1S/C19H27NO6S/c1-14-8-9-15(27(23,24)20-10-6-5-7-11-20)12-16(14)18(22)25-13-17(21)26-19(2,3)4/h8-9,12H,5-7,10-11,13H2,1-4H3. The van der Waals surface area contributed by atoms with Gasteiger partial charge in [-0.2, -0.15) is 4.31 Å². The summed E-state index contributed by atoms with van der Waals surface area (Å²) in [5.41, 5.74) is 0.0143. The number of hydrogen-bond acceptors (Lipinski definition) is 6. The van der Waals surface area contributed by atoms with Crippen LogP contribution in [0.3, 0.4) is 0 Å². The summed E-state index contributed by atoms with van der Waals surface area (Å²) in [6.07, 6.45) is 2.67. The Morgan fingerprint density at radius 1 is 1.11 bits per heavy atom. The van der Waals surface area contributed by atoms with Gasteiger partial charge in [-0.25, -0.2) is 18.0 Å². The molecule has 1 heterocycles. The van der Waals surface area contributed by atoms with Crippen LogP contribution in [0.25, 0.3) is 0 Å². The van der Waals surface area contributed by atoms with E-state index < -0.39 is 34.2 Å². The Hall–Kier alpha value is -1.93. The predicted octanol–water partition coefficient (Wildman–Crippen LogP) is 2.67. The first kappa shape index (κ1) is 21.4. The highest BCUT2D eigenvalue weighted by atomic mass is 32.2. The number of ether oxygens (including phenoxy) is 2. The van der Waals surface area contributed by atoms with Crippen LogP contribution in [0.1, 0.15) is 56.0 Å². The van der Waals surface area contributed by atoms with Crippen LogP contribution in [-0.4, -0.2) is 50.0 Å². The molecule has 7 nitrogen and oxygen atoms in total. The molecule has 0 aliphatic carbocycles. The lowest BCUT2D eigenvalue weighted by Gasteiger charge is -2.26. The van der Waals surface area contributed by atoms with Gasteiger partial charge in [0.25, 0.3) is 0 Å². The van der Waals surface area contributed by atoms with Gasteiger partial charge in [0, 0.05) is 13.1 Å². The van der Waals surface area contributed by atoms with Gasteiger partial charge in [-0.05, 0) is 58.2 Å². The fourth-order valence-corrected chi connectivity index (χ4v) is 4.35. The maximum atomic E-state index is 12.8. The molecule has 150 valence electrons. The van der Waals surface area contributed by atoms with Gasteiger partial charge in [-0.3, -0.25) is 0 Å². The molecule has 0 bridgehead atoms. The number of sulfonamides is 1. The van der Waals surface area contributed by atoms with E-state index in [0.717, 1.165) is 19.3 Å². The van der Waals surface area contributed by atoms with Gasteiger partial charge < -0.3 is 9.47 Å². The number of benzene rings is 1. The molecule has 27 heavy (non-hydrogen) atoms. The number of piperidine rings is 1. The van der Waals surface area contributed by atoms with Crippen LogP contribution in [0.5, 0.6) is 0 Å². The van der Waals surface area contributed by atoms with Crippen molar-refractivity contribution in [3.05, 3.63) is 29.3 Å². The Morgan fingerprint density at radius 3 is 2.33 bits per heavy atom. The van der Waals surface area contributed by atoms with Crippen LogP contribution in [0.2, 0.25) is 0 Å². The molecule has 0 N–H and O–H groups in total. The van der Waals surface area contributed by atoms with E-state index in [1.807, 2.05) is 0 Å². The first-order valence-corrected chi connectivity index (χ1v) is 10.4. The minimum Gasteiger partial charge on any atom is -0.457 e. The van der Waals surface area contributed by atoms with E-state index >= 15 is 0 Å². The Labute approximate surface area is 160 Å². The molecule has 0 radical (unpaired) electrons. The van der Waals surface area contributed by atoms with Crippen molar-refractivity contribution < 1.29 is 27.5 Å². The minimum absolute atomic E-state index is 0.0548. The topological polar surface area (TPSA) is 90.0 Å². The number of nitrogens with zero attached hydrogens (tertiary/aromatic N) is 1. The van der Waals surface area contributed by atoms with Crippen molar-refractivity contribution in [2.75, 3.05) is 19.7 Å². The molecular formula is C19H27NO6S. The zero-order valence-electron chi connectivity index (χ0n) is 16.3. The average Bonchev–Trinajstić information content (AvgIpc) is 2.59. The Morgan fingerprint density at radius 2 is 1.74 bits per heavy atom. The van der Waals surface area contributed by atoms with Crippen molar-refractivity contribution in [1.82, 2.24) is 4.31 Å². The van der Waals surface area contributed by atoms with E-state index in [0.29, 0.717) is 18.7 Å². The third-order valence-electron chi connectivity index (χ3n) is 4.12. The lowest BCUT2D eigenvalue weighted by molar-refractivity contribution is -0.158. The van der Waals surface area contributed by atoms with Gasteiger partial charge in [0.15, 0.2) is 6.61 Å². The highest BCUT2D eigenvalue weighted by Crippen LogP contribution is 2.23. The molecule has 0 atom stereocenters. The minimum atomic E-state index is -3.66. The van der Waals surface area contributed by atoms with E-state index in [-0.39, 0.29) is 10.5 Å². The molecule has 0 saturated carbocycles. The normalized spacial score (nSPS) is 16.0. The third kappa shape index (κ3) is 5.77. The van der Waals surface area contributed by atoms with Gasteiger partial charge in [0.2, 0.25) is 10.0 Å². The summed E-state index contributed by atoms with van der Waals surface area (Å²) in [5, 5.41) is 0.